The molecule has 1 amide bonds. The standard InChI is InChI=1S/C24H24N2O2S/c25-15-24(12-16-6-5-7-17(13-24)29-16)26-23(27)28-14-22-20-10-3-1-8-18(20)19-9-2-4-11-21(19)22/h1-4,8-11,16-17,22H,5-7,12-14H2,(H,26,27). The lowest BCUT2D eigenvalue weighted by atomic mass is 9.84. The van der Waals surface area contributed by atoms with E-state index in [9.17, 15) is 10.1 Å². The molecule has 1 aliphatic carbocycles. The molecule has 2 unspecified atom stereocenters. The van der Waals surface area contributed by atoms with E-state index in [1.165, 1.54) is 28.7 Å². The van der Waals surface area contributed by atoms with Gasteiger partial charge < -0.3 is 10.1 Å². The summed E-state index contributed by atoms with van der Waals surface area (Å²) in [7, 11) is 0. The van der Waals surface area contributed by atoms with Crippen molar-refractivity contribution in [3.05, 3.63) is 59.7 Å². The second-order valence-corrected chi connectivity index (χ2v) is 9.97. The maximum Gasteiger partial charge on any atom is 0.408 e. The van der Waals surface area contributed by atoms with E-state index in [1.54, 1.807) is 0 Å². The van der Waals surface area contributed by atoms with Crippen LogP contribution in [0.15, 0.2) is 48.5 Å². The molecule has 29 heavy (non-hydrogen) atoms. The average Bonchev–Trinajstić information content (AvgIpc) is 3.06. The molecule has 1 N–H and O–H groups in total. The van der Waals surface area contributed by atoms with Crippen LogP contribution in [-0.4, -0.2) is 28.7 Å². The zero-order chi connectivity index (χ0) is 19.8. The lowest BCUT2D eigenvalue weighted by Gasteiger charge is -2.43. The normalized spacial score (nSPS) is 27.4. The molecule has 0 spiro atoms. The van der Waals surface area contributed by atoms with E-state index in [0.29, 0.717) is 10.5 Å². The van der Waals surface area contributed by atoms with Gasteiger partial charge in [-0.25, -0.2) is 4.79 Å². The van der Waals surface area contributed by atoms with E-state index in [1.807, 2.05) is 36.0 Å². The molecule has 2 heterocycles. The Hall–Kier alpha value is -2.45. The Morgan fingerprint density at radius 2 is 1.66 bits per heavy atom. The molecule has 2 aromatic rings. The van der Waals surface area contributed by atoms with Crippen molar-refractivity contribution >= 4 is 17.9 Å². The van der Waals surface area contributed by atoms with Crippen molar-refractivity contribution in [2.45, 2.75) is 54.1 Å². The third-order valence-corrected chi connectivity index (χ3v) is 8.06. The first-order chi connectivity index (χ1) is 14.2. The predicted molar refractivity (Wildman–Crippen MR) is 115 cm³/mol. The molecule has 3 aliphatic rings. The molecule has 2 aromatic carbocycles. The van der Waals surface area contributed by atoms with Gasteiger partial charge in [-0.05, 0) is 47.9 Å². The van der Waals surface area contributed by atoms with E-state index in [0.717, 1.165) is 25.7 Å². The number of nitriles is 1. The fraction of sp³-hybridized carbons (Fsp3) is 0.417. The first kappa shape index (κ1) is 18.6. The first-order valence-corrected chi connectivity index (χ1v) is 11.3. The van der Waals surface area contributed by atoms with Crippen molar-refractivity contribution < 1.29 is 9.53 Å². The fourth-order valence-electron chi connectivity index (χ4n) is 5.19. The second kappa shape index (κ2) is 7.42. The summed E-state index contributed by atoms with van der Waals surface area (Å²) >= 11 is 1.99. The van der Waals surface area contributed by atoms with Crippen molar-refractivity contribution in [2.24, 2.45) is 0 Å². The maximum atomic E-state index is 12.7. The number of benzene rings is 2. The third-order valence-electron chi connectivity index (χ3n) is 6.49. The largest absolute Gasteiger partial charge is 0.449 e. The zero-order valence-electron chi connectivity index (χ0n) is 16.3. The molecule has 0 radical (unpaired) electrons. The molecule has 2 bridgehead atoms. The van der Waals surface area contributed by atoms with Crippen LogP contribution < -0.4 is 5.32 Å². The topological polar surface area (TPSA) is 62.1 Å². The van der Waals surface area contributed by atoms with Gasteiger partial charge in [-0.15, -0.1) is 0 Å². The van der Waals surface area contributed by atoms with Crippen molar-refractivity contribution in [3.8, 4) is 17.2 Å². The van der Waals surface area contributed by atoms with Gasteiger partial charge >= 0.3 is 6.09 Å². The number of rotatable bonds is 3. The first-order valence-electron chi connectivity index (χ1n) is 10.4. The van der Waals surface area contributed by atoms with Crippen LogP contribution in [0, 0.1) is 11.3 Å². The van der Waals surface area contributed by atoms with E-state index in [4.69, 9.17) is 4.74 Å². The van der Waals surface area contributed by atoms with Crippen LogP contribution in [0.5, 0.6) is 0 Å². The van der Waals surface area contributed by atoms with Crippen LogP contribution in [0.4, 0.5) is 4.79 Å². The van der Waals surface area contributed by atoms with Gasteiger partial charge in [0.05, 0.1) is 6.07 Å². The number of hydrogen-bond acceptors (Lipinski definition) is 4. The Kier molecular flexibility index (Phi) is 4.75. The molecule has 2 atom stereocenters. The van der Waals surface area contributed by atoms with Crippen LogP contribution in [0.3, 0.4) is 0 Å². The fourth-order valence-corrected chi connectivity index (χ4v) is 7.10. The monoisotopic (exact) mass is 404 g/mol. The molecule has 4 nitrogen and oxygen atoms in total. The van der Waals surface area contributed by atoms with Crippen molar-refractivity contribution in [3.63, 3.8) is 0 Å². The van der Waals surface area contributed by atoms with Crippen LogP contribution in [0.1, 0.15) is 49.1 Å². The molecule has 148 valence electrons. The number of carbonyl (C=O) groups excluding carboxylic acids is 1. The highest BCUT2D eigenvalue weighted by Crippen LogP contribution is 2.46. The highest BCUT2D eigenvalue weighted by molar-refractivity contribution is 8.00. The van der Waals surface area contributed by atoms with E-state index in [2.05, 4.69) is 35.7 Å². The Balaban J connectivity index is 1.29. The van der Waals surface area contributed by atoms with Gasteiger partial charge in [0.25, 0.3) is 0 Å². The number of nitrogens with zero attached hydrogens (tertiary/aromatic N) is 1. The number of fused-ring (bicyclic) bond motifs is 5. The van der Waals surface area contributed by atoms with Gasteiger partial charge in [0.1, 0.15) is 12.1 Å². The van der Waals surface area contributed by atoms with Crippen molar-refractivity contribution in [2.75, 3.05) is 6.61 Å². The smallest absolute Gasteiger partial charge is 0.408 e. The van der Waals surface area contributed by atoms with Crippen LogP contribution in [-0.2, 0) is 4.74 Å². The van der Waals surface area contributed by atoms with Crippen LogP contribution in [0.2, 0.25) is 0 Å². The minimum atomic E-state index is -0.788. The number of alkyl carbamates (subject to hydrolysis) is 1. The number of carbonyl (C=O) groups is 1. The summed E-state index contributed by atoms with van der Waals surface area (Å²) < 4.78 is 5.68. The minimum absolute atomic E-state index is 0.0347. The number of nitrogens with one attached hydrogen (secondary N) is 1. The van der Waals surface area contributed by atoms with Gasteiger partial charge in [-0.2, -0.15) is 17.0 Å². The molecule has 5 heteroatoms. The minimum Gasteiger partial charge on any atom is -0.449 e. The SMILES string of the molecule is N#CC1(NC(=O)OCC2c3ccccc3-c3ccccc32)CC2CCCC(C1)S2. The van der Waals surface area contributed by atoms with Crippen LogP contribution in [0.25, 0.3) is 11.1 Å². The predicted octanol–water partition coefficient (Wildman–Crippen LogP) is 5.24. The van der Waals surface area contributed by atoms with Crippen molar-refractivity contribution in [1.29, 1.82) is 5.26 Å². The van der Waals surface area contributed by atoms with Crippen LogP contribution >= 0.6 is 11.8 Å². The van der Waals surface area contributed by atoms with E-state index < -0.39 is 11.6 Å². The van der Waals surface area contributed by atoms with Gasteiger partial charge in [-0.3, -0.25) is 0 Å². The Morgan fingerprint density at radius 3 is 2.24 bits per heavy atom. The zero-order valence-corrected chi connectivity index (χ0v) is 17.1. The molecule has 2 aliphatic heterocycles. The maximum absolute atomic E-state index is 12.7. The molecule has 2 fully saturated rings. The summed E-state index contributed by atoms with van der Waals surface area (Å²) in [6.45, 7) is 0.281. The van der Waals surface area contributed by atoms with Gasteiger partial charge in [0.15, 0.2) is 0 Å². The van der Waals surface area contributed by atoms with Gasteiger partial charge in [-0.1, -0.05) is 55.0 Å². The van der Waals surface area contributed by atoms with Gasteiger partial charge in [0, 0.05) is 16.4 Å². The summed E-state index contributed by atoms with van der Waals surface area (Å²) in [6, 6.07) is 19.0. The summed E-state index contributed by atoms with van der Waals surface area (Å²) in [5.41, 5.74) is 4.02. The number of hydrogen-bond donors (Lipinski definition) is 1. The molecule has 5 rings (SSSR count). The number of ether oxygens (including phenoxy) is 1. The molecule has 0 saturated carbocycles. The summed E-state index contributed by atoms with van der Waals surface area (Å²) in [4.78, 5) is 12.7. The van der Waals surface area contributed by atoms with E-state index in [-0.39, 0.29) is 12.5 Å². The second-order valence-electron chi connectivity index (χ2n) is 8.36. The van der Waals surface area contributed by atoms with Gasteiger partial charge in [0.2, 0.25) is 0 Å². The summed E-state index contributed by atoms with van der Waals surface area (Å²) in [5, 5.41) is 13.7. The quantitative estimate of drug-likeness (QED) is 0.760. The highest BCUT2D eigenvalue weighted by atomic mass is 32.2. The average molecular weight is 405 g/mol. The number of thioether (sulfide) groups is 1. The third kappa shape index (κ3) is 3.40. The summed E-state index contributed by atoms with van der Waals surface area (Å²) in [6.07, 6.45) is 4.46. The summed E-state index contributed by atoms with van der Waals surface area (Å²) in [5.74, 6) is 0.0347. The Labute approximate surface area is 175 Å². The van der Waals surface area contributed by atoms with Crippen molar-refractivity contribution in [1.82, 2.24) is 5.32 Å². The lowest BCUT2D eigenvalue weighted by molar-refractivity contribution is 0.131. The highest BCUT2D eigenvalue weighted by Gasteiger charge is 2.44. The molecule has 0 aromatic heterocycles. The molecular formula is C24H24N2O2S. The van der Waals surface area contributed by atoms with E-state index >= 15 is 0 Å². The lowest BCUT2D eigenvalue weighted by Crippen LogP contribution is -2.54. The Morgan fingerprint density at radius 1 is 1.07 bits per heavy atom. The Bertz CT molecular complexity index is 925. The molecular weight excluding hydrogens is 380 g/mol. The molecule has 2 saturated heterocycles. The number of amides is 1.